The summed E-state index contributed by atoms with van der Waals surface area (Å²) in [4.78, 5) is 11.9. The number of rotatable bonds is 6. The van der Waals surface area contributed by atoms with Crippen LogP contribution in [0.1, 0.15) is 37.0 Å². The van der Waals surface area contributed by atoms with Crippen LogP contribution in [-0.4, -0.2) is 18.3 Å². The summed E-state index contributed by atoms with van der Waals surface area (Å²) in [5.41, 5.74) is 0.803. The van der Waals surface area contributed by atoms with Gasteiger partial charge in [0.25, 0.3) is 5.91 Å². The van der Waals surface area contributed by atoms with Gasteiger partial charge in [0.05, 0.1) is 0 Å². The van der Waals surface area contributed by atoms with Gasteiger partial charge in [0, 0.05) is 21.6 Å². The van der Waals surface area contributed by atoms with Crippen LogP contribution in [-0.2, 0) is 0 Å². The quantitative estimate of drug-likeness (QED) is 0.586. The van der Waals surface area contributed by atoms with Crippen LogP contribution in [0.2, 0.25) is 0 Å². The van der Waals surface area contributed by atoms with E-state index in [0.29, 0.717) is 18.0 Å². The molecule has 1 N–H and O–H groups in total. The predicted octanol–water partition coefficient (Wildman–Crippen LogP) is 4.07. The standard InChI is InChI=1S/C14H19ClINO/c1-14(2,8-3-9-15)10-17-13(18)11-4-6-12(16)7-5-11/h4-7H,3,8-10H2,1-2H3,(H,17,18). The number of nitrogens with one attached hydrogen (secondary N) is 1. The summed E-state index contributed by atoms with van der Waals surface area (Å²) in [5, 5.41) is 2.98. The first-order valence-corrected chi connectivity index (χ1v) is 7.66. The lowest BCUT2D eigenvalue weighted by molar-refractivity contribution is 0.0934. The van der Waals surface area contributed by atoms with Gasteiger partial charge in [-0.3, -0.25) is 4.79 Å². The number of alkyl halides is 1. The smallest absolute Gasteiger partial charge is 0.251 e. The summed E-state index contributed by atoms with van der Waals surface area (Å²) >= 11 is 7.92. The maximum Gasteiger partial charge on any atom is 0.251 e. The number of carbonyl (C=O) groups excluding carboxylic acids is 1. The summed E-state index contributed by atoms with van der Waals surface area (Å²) in [7, 11) is 0. The van der Waals surface area contributed by atoms with Crippen LogP contribution in [0.3, 0.4) is 0 Å². The summed E-state index contributed by atoms with van der Waals surface area (Å²) < 4.78 is 1.13. The van der Waals surface area contributed by atoms with Crippen molar-refractivity contribution in [3.63, 3.8) is 0 Å². The van der Waals surface area contributed by atoms with Crippen LogP contribution in [0.4, 0.5) is 0 Å². The van der Waals surface area contributed by atoms with Crippen molar-refractivity contribution in [1.29, 1.82) is 0 Å². The maximum atomic E-state index is 11.9. The molecule has 1 aromatic rings. The van der Waals surface area contributed by atoms with E-state index >= 15 is 0 Å². The van der Waals surface area contributed by atoms with Crippen LogP contribution in [0.25, 0.3) is 0 Å². The zero-order chi connectivity index (χ0) is 13.6. The van der Waals surface area contributed by atoms with Gasteiger partial charge in [-0.1, -0.05) is 13.8 Å². The molecule has 0 fully saturated rings. The highest BCUT2D eigenvalue weighted by Crippen LogP contribution is 2.21. The number of halogens is 2. The van der Waals surface area contributed by atoms with E-state index in [9.17, 15) is 4.79 Å². The zero-order valence-corrected chi connectivity index (χ0v) is 13.7. The van der Waals surface area contributed by atoms with Crippen molar-refractivity contribution < 1.29 is 4.79 Å². The SMILES string of the molecule is CC(C)(CCCCl)CNC(=O)c1ccc(I)cc1. The second-order valence-corrected chi connectivity index (χ2v) is 6.77. The number of amides is 1. The van der Waals surface area contributed by atoms with E-state index in [2.05, 4.69) is 41.8 Å². The summed E-state index contributed by atoms with van der Waals surface area (Å²) in [6.07, 6.45) is 2.00. The largest absolute Gasteiger partial charge is 0.352 e. The average molecular weight is 380 g/mol. The molecule has 0 aromatic heterocycles. The Morgan fingerprint density at radius 3 is 2.50 bits per heavy atom. The number of hydrogen-bond donors (Lipinski definition) is 1. The normalized spacial score (nSPS) is 11.3. The highest BCUT2D eigenvalue weighted by Gasteiger charge is 2.18. The lowest BCUT2D eigenvalue weighted by Gasteiger charge is -2.24. The van der Waals surface area contributed by atoms with E-state index in [-0.39, 0.29) is 11.3 Å². The molecule has 0 atom stereocenters. The van der Waals surface area contributed by atoms with Crippen LogP contribution in [0, 0.1) is 8.99 Å². The van der Waals surface area contributed by atoms with Gasteiger partial charge in [-0.25, -0.2) is 0 Å². The van der Waals surface area contributed by atoms with Crippen molar-refractivity contribution in [1.82, 2.24) is 5.32 Å². The Morgan fingerprint density at radius 2 is 1.94 bits per heavy atom. The predicted molar refractivity (Wildman–Crippen MR) is 85.2 cm³/mol. The van der Waals surface area contributed by atoms with Crippen molar-refractivity contribution >= 4 is 40.1 Å². The Morgan fingerprint density at radius 1 is 1.33 bits per heavy atom. The molecule has 0 aliphatic heterocycles. The second-order valence-electron chi connectivity index (χ2n) is 5.15. The van der Waals surface area contributed by atoms with Crippen molar-refractivity contribution in [3.05, 3.63) is 33.4 Å². The fourth-order valence-electron chi connectivity index (χ4n) is 1.66. The van der Waals surface area contributed by atoms with Gasteiger partial charge in [-0.2, -0.15) is 0 Å². The van der Waals surface area contributed by atoms with E-state index in [0.717, 1.165) is 16.4 Å². The molecule has 18 heavy (non-hydrogen) atoms. The molecule has 1 amide bonds. The molecule has 0 spiro atoms. The lowest BCUT2D eigenvalue weighted by atomic mass is 9.88. The maximum absolute atomic E-state index is 11.9. The molecule has 0 unspecified atom stereocenters. The van der Waals surface area contributed by atoms with Gasteiger partial charge in [0.15, 0.2) is 0 Å². The lowest BCUT2D eigenvalue weighted by Crippen LogP contribution is -2.34. The molecule has 0 heterocycles. The first kappa shape index (κ1) is 15.8. The molecular formula is C14H19ClINO. The Bertz CT molecular complexity index is 389. The van der Waals surface area contributed by atoms with Crippen LogP contribution < -0.4 is 5.32 Å². The minimum Gasteiger partial charge on any atom is -0.352 e. The van der Waals surface area contributed by atoms with Gasteiger partial charge >= 0.3 is 0 Å². The molecule has 2 nitrogen and oxygen atoms in total. The molecule has 0 aliphatic rings. The van der Waals surface area contributed by atoms with Crippen LogP contribution in [0.5, 0.6) is 0 Å². The molecule has 0 saturated heterocycles. The van der Waals surface area contributed by atoms with Gasteiger partial charge in [0.2, 0.25) is 0 Å². The van der Waals surface area contributed by atoms with Crippen molar-refractivity contribution in [3.8, 4) is 0 Å². The van der Waals surface area contributed by atoms with Gasteiger partial charge in [0.1, 0.15) is 0 Å². The van der Waals surface area contributed by atoms with Crippen LogP contribution >= 0.6 is 34.2 Å². The van der Waals surface area contributed by atoms with E-state index in [1.54, 1.807) is 0 Å². The van der Waals surface area contributed by atoms with Crippen molar-refractivity contribution in [2.24, 2.45) is 5.41 Å². The van der Waals surface area contributed by atoms with E-state index in [4.69, 9.17) is 11.6 Å². The molecule has 1 rings (SSSR count). The third-order valence-corrected chi connectivity index (χ3v) is 3.81. The number of hydrogen-bond acceptors (Lipinski definition) is 1. The van der Waals surface area contributed by atoms with E-state index in [1.807, 2.05) is 24.3 Å². The van der Waals surface area contributed by atoms with Crippen molar-refractivity contribution in [2.45, 2.75) is 26.7 Å². The Labute approximate surface area is 128 Å². The molecule has 0 aliphatic carbocycles. The summed E-state index contributed by atoms with van der Waals surface area (Å²) in [6.45, 7) is 4.97. The third-order valence-electron chi connectivity index (χ3n) is 2.82. The molecule has 100 valence electrons. The minimum atomic E-state index is -0.00894. The van der Waals surface area contributed by atoms with Gasteiger partial charge < -0.3 is 5.32 Å². The average Bonchev–Trinajstić information content (AvgIpc) is 2.35. The second kappa shape index (κ2) is 7.34. The fourth-order valence-corrected chi connectivity index (χ4v) is 2.15. The third kappa shape index (κ3) is 5.57. The Balaban J connectivity index is 2.48. The number of benzene rings is 1. The zero-order valence-electron chi connectivity index (χ0n) is 10.8. The Hall–Kier alpha value is -0.290. The number of carbonyl (C=O) groups is 1. The van der Waals surface area contributed by atoms with Crippen LogP contribution in [0.15, 0.2) is 24.3 Å². The fraction of sp³-hybridized carbons (Fsp3) is 0.500. The molecule has 1 aromatic carbocycles. The van der Waals surface area contributed by atoms with E-state index < -0.39 is 0 Å². The summed E-state index contributed by atoms with van der Waals surface area (Å²) in [6, 6.07) is 7.58. The first-order chi connectivity index (χ1) is 8.44. The summed E-state index contributed by atoms with van der Waals surface area (Å²) in [5.74, 6) is 0.666. The molecule has 0 saturated carbocycles. The first-order valence-electron chi connectivity index (χ1n) is 6.04. The highest BCUT2D eigenvalue weighted by molar-refractivity contribution is 14.1. The highest BCUT2D eigenvalue weighted by atomic mass is 127. The molecule has 4 heteroatoms. The van der Waals surface area contributed by atoms with Crippen molar-refractivity contribution in [2.75, 3.05) is 12.4 Å². The van der Waals surface area contributed by atoms with Gasteiger partial charge in [-0.15, -0.1) is 11.6 Å². The topological polar surface area (TPSA) is 29.1 Å². The molecular weight excluding hydrogens is 361 g/mol. The molecule has 0 bridgehead atoms. The van der Waals surface area contributed by atoms with E-state index in [1.165, 1.54) is 0 Å². The molecule has 0 radical (unpaired) electrons. The van der Waals surface area contributed by atoms with Gasteiger partial charge in [-0.05, 0) is 65.1 Å². The monoisotopic (exact) mass is 379 g/mol. The Kier molecular flexibility index (Phi) is 6.43. The minimum absolute atomic E-state index is 0.00894.